The molecule has 1 aliphatic rings. The third-order valence-electron chi connectivity index (χ3n) is 3.88. The molecule has 3 rings (SSSR count). The summed E-state index contributed by atoms with van der Waals surface area (Å²) in [5.41, 5.74) is 1.79. The second kappa shape index (κ2) is 5.73. The van der Waals surface area contributed by atoms with E-state index >= 15 is 0 Å². The fraction of sp³-hybridized carbons (Fsp3) is 0.467. The smallest absolute Gasteiger partial charge is 0.244 e. The molecule has 106 valence electrons. The van der Waals surface area contributed by atoms with Crippen LogP contribution < -0.4 is 0 Å². The molecular weight excluding hydrogens is 254 g/mol. The van der Waals surface area contributed by atoms with Crippen molar-refractivity contribution in [1.82, 2.24) is 15.0 Å². The molecule has 5 heteroatoms. The van der Waals surface area contributed by atoms with Crippen molar-refractivity contribution >= 4 is 0 Å². The van der Waals surface area contributed by atoms with Crippen LogP contribution in [0.4, 0.5) is 0 Å². The minimum atomic E-state index is 0.0454. The molecule has 0 saturated carbocycles. The first kappa shape index (κ1) is 13.3. The van der Waals surface area contributed by atoms with E-state index in [0.29, 0.717) is 11.7 Å². The highest BCUT2D eigenvalue weighted by Gasteiger charge is 2.24. The van der Waals surface area contributed by atoms with Crippen LogP contribution in [0.3, 0.4) is 0 Å². The number of benzene rings is 1. The maximum Gasteiger partial charge on any atom is 0.244 e. The maximum absolute atomic E-state index is 9.04. The number of aromatic nitrogens is 2. The summed E-state index contributed by atoms with van der Waals surface area (Å²) in [5, 5.41) is 13.1. The van der Waals surface area contributed by atoms with Gasteiger partial charge in [0, 0.05) is 5.56 Å². The predicted molar refractivity (Wildman–Crippen MR) is 74.9 cm³/mol. The van der Waals surface area contributed by atoms with Gasteiger partial charge in [-0.1, -0.05) is 29.4 Å². The Morgan fingerprint density at radius 2 is 1.95 bits per heavy atom. The lowest BCUT2D eigenvalue weighted by molar-refractivity contribution is 0.209. The van der Waals surface area contributed by atoms with E-state index in [9.17, 15) is 0 Å². The van der Waals surface area contributed by atoms with Gasteiger partial charge in [0.25, 0.3) is 0 Å². The van der Waals surface area contributed by atoms with Crippen molar-refractivity contribution in [2.24, 2.45) is 0 Å². The maximum atomic E-state index is 9.04. The number of likely N-dealkylation sites (tertiary alicyclic amines) is 1. The lowest BCUT2D eigenvalue weighted by Gasteiger charge is -2.19. The monoisotopic (exact) mass is 273 g/mol. The summed E-state index contributed by atoms with van der Waals surface area (Å²) in [6, 6.07) is 7.72. The molecule has 5 nitrogen and oxygen atoms in total. The minimum Gasteiger partial charge on any atom is -0.392 e. The van der Waals surface area contributed by atoms with Crippen LogP contribution in [0, 0.1) is 0 Å². The van der Waals surface area contributed by atoms with Crippen LogP contribution in [0.2, 0.25) is 0 Å². The Kier molecular flexibility index (Phi) is 3.80. The van der Waals surface area contributed by atoms with Gasteiger partial charge in [0.2, 0.25) is 11.7 Å². The summed E-state index contributed by atoms with van der Waals surface area (Å²) in [6.45, 7) is 4.36. The van der Waals surface area contributed by atoms with E-state index in [1.54, 1.807) is 0 Å². The van der Waals surface area contributed by atoms with Crippen LogP contribution in [0.5, 0.6) is 0 Å². The largest absolute Gasteiger partial charge is 0.392 e. The Morgan fingerprint density at radius 1 is 1.25 bits per heavy atom. The van der Waals surface area contributed by atoms with Gasteiger partial charge in [-0.25, -0.2) is 0 Å². The summed E-state index contributed by atoms with van der Waals surface area (Å²) >= 11 is 0. The standard InChI is InChI=1S/C15H19N3O2/c1-11(18-8-2-3-9-18)15-16-14(17-20-15)13-6-4-12(10-19)5-7-13/h4-7,11,19H,2-3,8-10H2,1H3. The van der Waals surface area contributed by atoms with Crippen molar-refractivity contribution in [3.63, 3.8) is 0 Å². The van der Waals surface area contributed by atoms with Crippen molar-refractivity contribution in [3.05, 3.63) is 35.7 Å². The van der Waals surface area contributed by atoms with Crippen molar-refractivity contribution in [1.29, 1.82) is 0 Å². The van der Waals surface area contributed by atoms with Crippen LogP contribution in [0.1, 0.15) is 37.3 Å². The summed E-state index contributed by atoms with van der Waals surface area (Å²) in [7, 11) is 0. The molecule has 0 amide bonds. The highest BCUT2D eigenvalue weighted by molar-refractivity contribution is 5.54. The first-order valence-electron chi connectivity index (χ1n) is 7.06. The molecule has 1 unspecified atom stereocenters. The minimum absolute atomic E-state index is 0.0454. The van der Waals surface area contributed by atoms with E-state index in [1.807, 2.05) is 24.3 Å². The van der Waals surface area contributed by atoms with Crippen molar-refractivity contribution < 1.29 is 9.63 Å². The molecule has 1 N–H and O–H groups in total. The Morgan fingerprint density at radius 3 is 2.60 bits per heavy atom. The molecule has 1 aromatic carbocycles. The van der Waals surface area contributed by atoms with Crippen LogP contribution in [0.15, 0.2) is 28.8 Å². The third kappa shape index (κ3) is 2.59. The van der Waals surface area contributed by atoms with Gasteiger partial charge in [0.1, 0.15) is 0 Å². The normalized spacial score (nSPS) is 17.5. The van der Waals surface area contributed by atoms with Gasteiger partial charge >= 0.3 is 0 Å². The zero-order chi connectivity index (χ0) is 13.9. The number of hydrogen-bond donors (Lipinski definition) is 1. The zero-order valence-corrected chi connectivity index (χ0v) is 11.6. The molecule has 0 bridgehead atoms. The van der Waals surface area contributed by atoms with Crippen LogP contribution in [-0.2, 0) is 6.61 Å². The second-order valence-electron chi connectivity index (χ2n) is 5.23. The molecule has 2 aromatic rings. The van der Waals surface area contributed by atoms with Gasteiger partial charge in [-0.15, -0.1) is 0 Å². The number of aliphatic hydroxyl groups excluding tert-OH is 1. The first-order valence-corrected chi connectivity index (χ1v) is 7.06. The van der Waals surface area contributed by atoms with Crippen molar-refractivity contribution in [2.75, 3.05) is 13.1 Å². The molecule has 1 atom stereocenters. The van der Waals surface area contributed by atoms with E-state index in [-0.39, 0.29) is 12.6 Å². The molecule has 1 saturated heterocycles. The molecule has 1 aromatic heterocycles. The molecule has 0 spiro atoms. The Hall–Kier alpha value is -1.72. The van der Waals surface area contributed by atoms with Gasteiger partial charge in [-0.2, -0.15) is 4.98 Å². The Bertz CT molecular complexity index is 559. The number of hydrogen-bond acceptors (Lipinski definition) is 5. The molecule has 0 radical (unpaired) electrons. The van der Waals surface area contributed by atoms with E-state index in [1.165, 1.54) is 12.8 Å². The van der Waals surface area contributed by atoms with Crippen molar-refractivity contribution in [2.45, 2.75) is 32.4 Å². The lowest BCUT2D eigenvalue weighted by Crippen LogP contribution is -2.23. The molecule has 20 heavy (non-hydrogen) atoms. The molecule has 2 heterocycles. The highest BCUT2D eigenvalue weighted by Crippen LogP contribution is 2.25. The summed E-state index contributed by atoms with van der Waals surface area (Å²) in [5.74, 6) is 1.28. The molecule has 1 aliphatic heterocycles. The fourth-order valence-corrected chi connectivity index (χ4v) is 2.57. The zero-order valence-electron chi connectivity index (χ0n) is 11.6. The SMILES string of the molecule is CC(c1nc(-c2ccc(CO)cc2)no1)N1CCCC1. The highest BCUT2D eigenvalue weighted by atomic mass is 16.5. The van der Waals surface area contributed by atoms with Gasteiger partial charge in [-0.05, 0) is 38.4 Å². The first-order chi connectivity index (χ1) is 9.78. The van der Waals surface area contributed by atoms with Gasteiger partial charge in [0.05, 0.1) is 12.6 Å². The third-order valence-corrected chi connectivity index (χ3v) is 3.88. The fourth-order valence-electron chi connectivity index (χ4n) is 2.57. The molecular formula is C15H19N3O2. The van der Waals surface area contributed by atoms with Gasteiger partial charge in [-0.3, -0.25) is 4.90 Å². The van der Waals surface area contributed by atoms with Gasteiger partial charge < -0.3 is 9.63 Å². The topological polar surface area (TPSA) is 62.4 Å². The number of nitrogens with zero attached hydrogens (tertiary/aromatic N) is 3. The Balaban J connectivity index is 1.78. The van der Waals surface area contributed by atoms with E-state index < -0.39 is 0 Å². The van der Waals surface area contributed by atoms with Crippen LogP contribution in [-0.4, -0.2) is 33.2 Å². The van der Waals surface area contributed by atoms with Gasteiger partial charge in [0.15, 0.2) is 0 Å². The summed E-state index contributed by atoms with van der Waals surface area (Å²) in [4.78, 5) is 6.87. The average molecular weight is 273 g/mol. The second-order valence-corrected chi connectivity index (χ2v) is 5.23. The summed E-state index contributed by atoms with van der Waals surface area (Å²) in [6.07, 6.45) is 2.49. The van der Waals surface area contributed by atoms with E-state index in [4.69, 9.17) is 9.63 Å². The van der Waals surface area contributed by atoms with E-state index in [0.717, 1.165) is 24.2 Å². The quantitative estimate of drug-likeness (QED) is 0.926. The molecule has 1 fully saturated rings. The summed E-state index contributed by atoms with van der Waals surface area (Å²) < 4.78 is 5.40. The van der Waals surface area contributed by atoms with Crippen LogP contribution in [0.25, 0.3) is 11.4 Å². The van der Waals surface area contributed by atoms with Crippen LogP contribution >= 0.6 is 0 Å². The van der Waals surface area contributed by atoms with E-state index in [2.05, 4.69) is 22.0 Å². The average Bonchev–Trinajstić information content (AvgIpc) is 3.18. The predicted octanol–water partition coefficient (Wildman–Crippen LogP) is 2.39. The number of rotatable bonds is 4. The Labute approximate surface area is 118 Å². The van der Waals surface area contributed by atoms with Crippen molar-refractivity contribution in [3.8, 4) is 11.4 Å². The molecule has 0 aliphatic carbocycles. The number of aliphatic hydroxyl groups is 1. The lowest BCUT2D eigenvalue weighted by atomic mass is 10.1.